The molecular weight excluding hydrogens is 456 g/mol. The molecule has 0 aliphatic carbocycles. The largest absolute Gasteiger partial charge is 0.490 e. The number of hydrogen-bond acceptors (Lipinski definition) is 6. The summed E-state index contributed by atoms with van der Waals surface area (Å²) in [6.07, 6.45) is 4.14. The lowest BCUT2D eigenvalue weighted by Crippen LogP contribution is -2.23. The van der Waals surface area contributed by atoms with Crippen molar-refractivity contribution in [2.75, 3.05) is 19.8 Å². The van der Waals surface area contributed by atoms with Gasteiger partial charge in [-0.15, -0.1) is 0 Å². The normalized spacial score (nSPS) is 11.9. The van der Waals surface area contributed by atoms with Gasteiger partial charge in [-0.2, -0.15) is 5.26 Å². The average molecular weight is 489 g/mol. The van der Waals surface area contributed by atoms with Crippen LogP contribution in [0.25, 0.3) is 6.08 Å². The van der Waals surface area contributed by atoms with E-state index in [4.69, 9.17) is 18.6 Å². The highest BCUT2D eigenvalue weighted by molar-refractivity contribution is 6.01. The summed E-state index contributed by atoms with van der Waals surface area (Å²) in [5.74, 6) is 2.53. The molecule has 0 saturated carbocycles. The van der Waals surface area contributed by atoms with Gasteiger partial charge in [0.25, 0.3) is 5.91 Å². The van der Waals surface area contributed by atoms with Crippen LogP contribution < -0.4 is 19.5 Å². The number of carbonyl (C=O) groups is 1. The standard InChI is InChI=1S/C29H32N2O5/c1-4-21(3)23-9-11-25(12-10-23)35-15-16-36-27-13-8-22(18-28(27)33-5-2)17-24(19-30)29(32)31-20-26-7-6-14-34-26/h6-14,17-18,21H,4-5,15-16,20H2,1-3H3,(H,31,32). The maximum absolute atomic E-state index is 12.4. The number of ether oxygens (including phenoxy) is 3. The molecule has 0 radical (unpaired) electrons. The minimum absolute atomic E-state index is 0.0228. The van der Waals surface area contributed by atoms with Gasteiger partial charge in [-0.1, -0.05) is 32.0 Å². The van der Waals surface area contributed by atoms with Crippen LogP contribution in [-0.2, 0) is 11.3 Å². The van der Waals surface area contributed by atoms with Gasteiger partial charge in [-0.3, -0.25) is 4.79 Å². The SMILES string of the molecule is CCOc1cc(C=C(C#N)C(=O)NCc2ccco2)ccc1OCCOc1ccc(C(C)CC)cc1. The first-order valence-electron chi connectivity index (χ1n) is 12.1. The van der Waals surface area contributed by atoms with Crippen molar-refractivity contribution in [2.45, 2.75) is 39.7 Å². The molecule has 3 aromatic rings. The zero-order valence-corrected chi connectivity index (χ0v) is 21.0. The monoisotopic (exact) mass is 488 g/mol. The highest BCUT2D eigenvalue weighted by atomic mass is 16.5. The molecule has 1 atom stereocenters. The zero-order chi connectivity index (χ0) is 25.8. The van der Waals surface area contributed by atoms with Crippen molar-refractivity contribution in [3.05, 3.63) is 83.3 Å². The molecule has 2 aromatic carbocycles. The van der Waals surface area contributed by atoms with Gasteiger partial charge >= 0.3 is 0 Å². The fraction of sp³-hybridized carbons (Fsp3) is 0.310. The van der Waals surface area contributed by atoms with Crippen molar-refractivity contribution in [3.8, 4) is 23.3 Å². The Bertz CT molecular complexity index is 1180. The van der Waals surface area contributed by atoms with E-state index in [2.05, 4.69) is 31.3 Å². The molecule has 1 heterocycles. The third-order valence-corrected chi connectivity index (χ3v) is 5.62. The van der Waals surface area contributed by atoms with Gasteiger partial charge in [-0.25, -0.2) is 0 Å². The number of hydrogen-bond donors (Lipinski definition) is 1. The van der Waals surface area contributed by atoms with Crippen molar-refractivity contribution in [1.29, 1.82) is 5.26 Å². The van der Waals surface area contributed by atoms with Gasteiger partial charge in [-0.05, 0) is 72.9 Å². The molecule has 0 saturated heterocycles. The van der Waals surface area contributed by atoms with Crippen LogP contribution in [-0.4, -0.2) is 25.7 Å². The molecule has 0 spiro atoms. The Labute approximate surface area is 212 Å². The number of furan rings is 1. The molecule has 3 rings (SSSR count). The molecule has 1 aromatic heterocycles. The van der Waals surface area contributed by atoms with Crippen molar-refractivity contribution in [1.82, 2.24) is 5.32 Å². The number of nitriles is 1. The van der Waals surface area contributed by atoms with Crippen LogP contribution in [0.5, 0.6) is 17.2 Å². The van der Waals surface area contributed by atoms with E-state index in [1.165, 1.54) is 17.9 Å². The molecule has 1 N–H and O–H groups in total. The van der Waals surface area contributed by atoms with E-state index in [1.807, 2.05) is 25.1 Å². The maximum Gasteiger partial charge on any atom is 0.262 e. The van der Waals surface area contributed by atoms with E-state index in [0.717, 1.165) is 12.2 Å². The smallest absolute Gasteiger partial charge is 0.262 e. The summed E-state index contributed by atoms with van der Waals surface area (Å²) >= 11 is 0. The Morgan fingerprint density at radius 1 is 1.06 bits per heavy atom. The molecule has 0 aliphatic heterocycles. The second-order valence-electron chi connectivity index (χ2n) is 8.15. The predicted molar refractivity (Wildman–Crippen MR) is 138 cm³/mol. The Morgan fingerprint density at radius 3 is 2.50 bits per heavy atom. The summed E-state index contributed by atoms with van der Waals surface area (Å²) in [5, 5.41) is 12.1. The molecule has 36 heavy (non-hydrogen) atoms. The van der Waals surface area contributed by atoms with E-state index < -0.39 is 5.91 Å². The van der Waals surface area contributed by atoms with Gasteiger partial charge in [0.15, 0.2) is 11.5 Å². The summed E-state index contributed by atoms with van der Waals surface area (Å²) in [6, 6.07) is 18.8. The van der Waals surface area contributed by atoms with Crippen LogP contribution in [0.15, 0.2) is 70.9 Å². The molecule has 1 amide bonds. The first-order chi connectivity index (χ1) is 17.5. The molecule has 0 bridgehead atoms. The number of carbonyl (C=O) groups excluding carboxylic acids is 1. The molecule has 1 unspecified atom stereocenters. The minimum Gasteiger partial charge on any atom is -0.490 e. The second-order valence-corrected chi connectivity index (χ2v) is 8.15. The Morgan fingerprint density at radius 2 is 1.83 bits per heavy atom. The third kappa shape index (κ3) is 7.67. The minimum atomic E-state index is -0.485. The average Bonchev–Trinajstić information content (AvgIpc) is 3.43. The quantitative estimate of drug-likeness (QED) is 0.184. The summed E-state index contributed by atoms with van der Waals surface area (Å²) in [4.78, 5) is 12.4. The summed E-state index contributed by atoms with van der Waals surface area (Å²) in [6.45, 7) is 7.62. The van der Waals surface area contributed by atoms with Gasteiger partial charge in [0.05, 0.1) is 19.4 Å². The number of amides is 1. The highest BCUT2D eigenvalue weighted by Crippen LogP contribution is 2.29. The molecule has 7 nitrogen and oxygen atoms in total. The first-order valence-corrected chi connectivity index (χ1v) is 12.1. The number of nitrogens with one attached hydrogen (secondary N) is 1. The van der Waals surface area contributed by atoms with Gasteiger partial charge in [0, 0.05) is 0 Å². The molecule has 7 heteroatoms. The Hall–Kier alpha value is -4.18. The van der Waals surface area contributed by atoms with E-state index >= 15 is 0 Å². The van der Waals surface area contributed by atoms with E-state index in [0.29, 0.717) is 48.6 Å². The van der Waals surface area contributed by atoms with Crippen LogP contribution in [0.1, 0.15) is 50.0 Å². The van der Waals surface area contributed by atoms with Gasteiger partial charge < -0.3 is 23.9 Å². The topological polar surface area (TPSA) is 93.7 Å². The number of rotatable bonds is 13. The highest BCUT2D eigenvalue weighted by Gasteiger charge is 2.12. The lowest BCUT2D eigenvalue weighted by Gasteiger charge is -2.14. The maximum atomic E-state index is 12.4. The van der Waals surface area contributed by atoms with E-state index in [9.17, 15) is 10.1 Å². The van der Waals surface area contributed by atoms with Crippen molar-refractivity contribution in [3.63, 3.8) is 0 Å². The number of benzene rings is 2. The lowest BCUT2D eigenvalue weighted by atomic mass is 9.99. The summed E-state index contributed by atoms with van der Waals surface area (Å²) < 4.78 is 22.6. The van der Waals surface area contributed by atoms with Gasteiger partial charge in [0.1, 0.15) is 36.4 Å². The fourth-order valence-corrected chi connectivity index (χ4v) is 3.43. The zero-order valence-electron chi connectivity index (χ0n) is 21.0. The van der Waals surface area contributed by atoms with E-state index in [1.54, 1.807) is 30.3 Å². The molecule has 0 fully saturated rings. The Balaban J connectivity index is 1.58. The fourth-order valence-electron chi connectivity index (χ4n) is 3.43. The second kappa shape index (κ2) is 13.6. The summed E-state index contributed by atoms with van der Waals surface area (Å²) in [5.41, 5.74) is 1.92. The number of nitrogens with zero attached hydrogens (tertiary/aromatic N) is 1. The summed E-state index contributed by atoms with van der Waals surface area (Å²) in [7, 11) is 0. The Kier molecular flexibility index (Phi) is 10.0. The molecule has 0 aliphatic rings. The van der Waals surface area contributed by atoms with Crippen molar-refractivity contribution < 1.29 is 23.4 Å². The third-order valence-electron chi connectivity index (χ3n) is 5.62. The molecular formula is C29H32N2O5. The van der Waals surface area contributed by atoms with Crippen LogP contribution in [0.4, 0.5) is 0 Å². The van der Waals surface area contributed by atoms with Crippen LogP contribution in [0.3, 0.4) is 0 Å². The van der Waals surface area contributed by atoms with Crippen molar-refractivity contribution in [2.24, 2.45) is 0 Å². The first kappa shape index (κ1) is 26.4. The van der Waals surface area contributed by atoms with E-state index in [-0.39, 0.29) is 12.1 Å². The van der Waals surface area contributed by atoms with Gasteiger partial charge in [0.2, 0.25) is 0 Å². The lowest BCUT2D eigenvalue weighted by molar-refractivity contribution is -0.117. The molecule has 188 valence electrons. The predicted octanol–water partition coefficient (Wildman–Crippen LogP) is 5.87. The van der Waals surface area contributed by atoms with Crippen LogP contribution in [0.2, 0.25) is 0 Å². The van der Waals surface area contributed by atoms with Crippen LogP contribution >= 0.6 is 0 Å². The van der Waals surface area contributed by atoms with Crippen molar-refractivity contribution >= 4 is 12.0 Å². The van der Waals surface area contributed by atoms with Crippen LogP contribution in [0, 0.1) is 11.3 Å².